The van der Waals surface area contributed by atoms with Crippen molar-refractivity contribution < 1.29 is 19.4 Å². The minimum Gasteiger partial charge on any atom is -0.408 e. The normalized spacial score (nSPS) is 16.6. The van der Waals surface area contributed by atoms with Gasteiger partial charge >= 0.3 is 6.09 Å². The van der Waals surface area contributed by atoms with E-state index in [9.17, 15) is 9.59 Å². The van der Waals surface area contributed by atoms with E-state index in [-0.39, 0.29) is 24.5 Å². The fraction of sp³-hybridized carbons (Fsp3) is 0.409. The molecule has 166 valence electrons. The number of ether oxygens (including phenoxy) is 1. The molecule has 0 saturated carbocycles. The van der Waals surface area contributed by atoms with Gasteiger partial charge < -0.3 is 25.8 Å². The summed E-state index contributed by atoms with van der Waals surface area (Å²) in [6, 6.07) is 8.80. The van der Waals surface area contributed by atoms with E-state index >= 15 is 0 Å². The number of aromatic nitrogens is 1. The average Bonchev–Trinajstić information content (AvgIpc) is 2.76. The molecule has 0 bridgehead atoms. The van der Waals surface area contributed by atoms with Gasteiger partial charge in [-0.2, -0.15) is 0 Å². The van der Waals surface area contributed by atoms with E-state index in [1.807, 2.05) is 25.1 Å². The minimum atomic E-state index is -0.538. The maximum Gasteiger partial charge on any atom is 0.419 e. The molecule has 0 radical (unpaired) electrons. The Morgan fingerprint density at radius 2 is 2.16 bits per heavy atom. The first kappa shape index (κ1) is 22.7. The molecule has 9 nitrogen and oxygen atoms in total. The average molecular weight is 428 g/mol. The molecule has 1 aromatic carbocycles. The summed E-state index contributed by atoms with van der Waals surface area (Å²) in [5.41, 5.74) is 8.16. The van der Waals surface area contributed by atoms with Crippen molar-refractivity contribution in [1.82, 2.24) is 10.3 Å². The zero-order chi connectivity index (χ0) is 22.4. The lowest BCUT2D eigenvalue weighted by Gasteiger charge is -2.40. The molecule has 1 aromatic heterocycles. The van der Waals surface area contributed by atoms with Crippen LogP contribution in [-0.4, -0.2) is 60.9 Å². The molecule has 1 unspecified atom stereocenters. The fourth-order valence-corrected chi connectivity index (χ4v) is 3.80. The summed E-state index contributed by atoms with van der Waals surface area (Å²) in [5, 5.41) is 12.2. The third kappa shape index (κ3) is 5.19. The molecule has 0 spiro atoms. The Kier molecular flexibility index (Phi) is 7.56. The van der Waals surface area contributed by atoms with Crippen LogP contribution in [0.2, 0.25) is 0 Å². The number of fused-ring (bicyclic) bond motifs is 1. The molecule has 1 aliphatic rings. The summed E-state index contributed by atoms with van der Waals surface area (Å²) in [6.45, 7) is 5.20. The van der Waals surface area contributed by atoms with Gasteiger partial charge in [0.2, 0.25) is 5.91 Å². The van der Waals surface area contributed by atoms with Gasteiger partial charge in [0.05, 0.1) is 30.2 Å². The number of aliphatic hydroxyl groups excluding tert-OH is 1. The first-order valence-corrected chi connectivity index (χ1v) is 10.3. The molecule has 9 heteroatoms. The highest BCUT2D eigenvalue weighted by molar-refractivity contribution is 6.02. The third-order valence-corrected chi connectivity index (χ3v) is 5.27. The van der Waals surface area contributed by atoms with Crippen LogP contribution in [-0.2, 0) is 4.79 Å². The standard InChI is InChI=1S/C22H29N5O4/c1-15-14-26(22(30)31-19-4-3-7-24-13-19)21-10-17(18(11-23)12-25-8-9-28)5-6-20(21)27(15)16(2)29/h3-7,10,13,15,18,25,28H,8-9,11-12,14,23H2,1-2H3/t15-,18?/m0/s1. The lowest BCUT2D eigenvalue weighted by molar-refractivity contribution is -0.117. The summed E-state index contributed by atoms with van der Waals surface area (Å²) in [7, 11) is 0. The van der Waals surface area contributed by atoms with Crippen molar-refractivity contribution in [2.75, 3.05) is 42.6 Å². The van der Waals surface area contributed by atoms with Crippen LogP contribution >= 0.6 is 0 Å². The number of anilines is 2. The summed E-state index contributed by atoms with van der Waals surface area (Å²) in [5.74, 6) is 0.236. The monoisotopic (exact) mass is 427 g/mol. The van der Waals surface area contributed by atoms with Gasteiger partial charge in [0.1, 0.15) is 0 Å². The molecule has 4 N–H and O–H groups in total. The van der Waals surface area contributed by atoms with Crippen LogP contribution in [0.4, 0.5) is 16.2 Å². The maximum absolute atomic E-state index is 13.0. The fourth-order valence-electron chi connectivity index (χ4n) is 3.80. The molecule has 2 aromatic rings. The van der Waals surface area contributed by atoms with Gasteiger partial charge in [0.15, 0.2) is 5.75 Å². The number of nitrogens with zero attached hydrogens (tertiary/aromatic N) is 3. The second kappa shape index (κ2) is 10.3. The second-order valence-corrected chi connectivity index (χ2v) is 7.51. The van der Waals surface area contributed by atoms with Crippen LogP contribution in [0.15, 0.2) is 42.7 Å². The van der Waals surface area contributed by atoms with Gasteiger partial charge in [-0.3, -0.25) is 14.7 Å². The quantitative estimate of drug-likeness (QED) is 0.572. The number of hydrogen-bond acceptors (Lipinski definition) is 7. The van der Waals surface area contributed by atoms with Crippen LogP contribution < -0.4 is 25.6 Å². The van der Waals surface area contributed by atoms with Crippen molar-refractivity contribution >= 4 is 23.4 Å². The van der Waals surface area contributed by atoms with Gasteiger partial charge in [-0.05, 0) is 36.8 Å². The number of hydrogen-bond donors (Lipinski definition) is 3. The van der Waals surface area contributed by atoms with Crippen LogP contribution in [0.1, 0.15) is 25.3 Å². The molecule has 3 rings (SSSR count). The van der Waals surface area contributed by atoms with E-state index < -0.39 is 6.09 Å². The highest BCUT2D eigenvalue weighted by Crippen LogP contribution is 2.38. The lowest BCUT2D eigenvalue weighted by atomic mass is 9.96. The van der Waals surface area contributed by atoms with Gasteiger partial charge in [-0.1, -0.05) is 6.07 Å². The van der Waals surface area contributed by atoms with Crippen molar-refractivity contribution in [2.45, 2.75) is 25.8 Å². The number of carbonyl (C=O) groups excluding carboxylic acids is 2. The largest absolute Gasteiger partial charge is 0.419 e. The number of benzene rings is 1. The Morgan fingerprint density at radius 1 is 1.35 bits per heavy atom. The highest BCUT2D eigenvalue weighted by atomic mass is 16.6. The molecule has 0 fully saturated rings. The smallest absolute Gasteiger partial charge is 0.408 e. The summed E-state index contributed by atoms with van der Waals surface area (Å²) < 4.78 is 5.52. The van der Waals surface area contributed by atoms with E-state index in [0.717, 1.165) is 5.56 Å². The highest BCUT2D eigenvalue weighted by Gasteiger charge is 2.35. The van der Waals surface area contributed by atoms with Crippen molar-refractivity contribution in [2.24, 2.45) is 5.73 Å². The summed E-state index contributed by atoms with van der Waals surface area (Å²) in [6.07, 6.45) is 2.54. The predicted octanol–water partition coefficient (Wildman–Crippen LogP) is 1.47. The first-order valence-electron chi connectivity index (χ1n) is 10.3. The second-order valence-electron chi connectivity index (χ2n) is 7.51. The summed E-state index contributed by atoms with van der Waals surface area (Å²) >= 11 is 0. The number of aliphatic hydroxyl groups is 1. The molecule has 2 heterocycles. The van der Waals surface area contributed by atoms with Crippen LogP contribution in [0.5, 0.6) is 5.75 Å². The van der Waals surface area contributed by atoms with E-state index in [4.69, 9.17) is 15.6 Å². The van der Waals surface area contributed by atoms with Gasteiger partial charge in [-0.15, -0.1) is 0 Å². The number of carbonyl (C=O) groups is 2. The Labute approximate surface area is 181 Å². The number of nitrogens with one attached hydrogen (secondary N) is 1. The number of nitrogens with two attached hydrogens (primary N) is 1. The van der Waals surface area contributed by atoms with Crippen molar-refractivity contribution in [3.63, 3.8) is 0 Å². The zero-order valence-electron chi connectivity index (χ0n) is 17.8. The van der Waals surface area contributed by atoms with E-state index in [0.29, 0.717) is 43.3 Å². The molecular formula is C22H29N5O4. The molecular weight excluding hydrogens is 398 g/mol. The lowest BCUT2D eigenvalue weighted by Crippen LogP contribution is -2.52. The first-order chi connectivity index (χ1) is 15.0. The molecule has 31 heavy (non-hydrogen) atoms. The maximum atomic E-state index is 13.0. The predicted molar refractivity (Wildman–Crippen MR) is 118 cm³/mol. The Morgan fingerprint density at radius 3 is 2.81 bits per heavy atom. The molecule has 1 aliphatic heterocycles. The SMILES string of the molecule is CC(=O)N1c2ccc(C(CN)CNCCO)cc2N(C(=O)Oc2cccnc2)C[C@@H]1C. The summed E-state index contributed by atoms with van der Waals surface area (Å²) in [4.78, 5) is 32.5. The molecule has 2 atom stereocenters. The van der Waals surface area contributed by atoms with Gasteiger partial charge in [-0.25, -0.2) is 4.79 Å². The van der Waals surface area contributed by atoms with E-state index in [2.05, 4.69) is 10.3 Å². The van der Waals surface area contributed by atoms with Gasteiger partial charge in [0, 0.05) is 45.2 Å². The number of amides is 2. The van der Waals surface area contributed by atoms with Crippen molar-refractivity contribution in [1.29, 1.82) is 0 Å². The number of pyridine rings is 1. The third-order valence-electron chi connectivity index (χ3n) is 5.27. The van der Waals surface area contributed by atoms with E-state index in [1.54, 1.807) is 28.1 Å². The Balaban J connectivity index is 1.96. The molecule has 2 amide bonds. The molecule has 0 saturated heterocycles. The zero-order valence-corrected chi connectivity index (χ0v) is 17.8. The van der Waals surface area contributed by atoms with Crippen LogP contribution in [0, 0.1) is 0 Å². The van der Waals surface area contributed by atoms with Gasteiger partial charge in [0.25, 0.3) is 0 Å². The molecule has 0 aliphatic carbocycles. The van der Waals surface area contributed by atoms with Crippen molar-refractivity contribution in [3.8, 4) is 5.75 Å². The number of rotatable bonds is 7. The Bertz CT molecular complexity index is 908. The Hall–Kier alpha value is -3.01. The minimum absolute atomic E-state index is 0.0156. The van der Waals surface area contributed by atoms with Crippen molar-refractivity contribution in [3.05, 3.63) is 48.3 Å². The van der Waals surface area contributed by atoms with E-state index in [1.165, 1.54) is 13.1 Å². The topological polar surface area (TPSA) is 121 Å². The van der Waals surface area contributed by atoms with Crippen LogP contribution in [0.3, 0.4) is 0 Å². The van der Waals surface area contributed by atoms with Crippen LogP contribution in [0.25, 0.3) is 0 Å².